The number of nitrogens with one attached hydrogen (secondary N) is 1. The van der Waals surface area contributed by atoms with Crippen LogP contribution in [0.15, 0.2) is 6.20 Å². The molecule has 2 rings (SSSR count). The minimum absolute atomic E-state index is 0.0119. The van der Waals surface area contributed by atoms with Crippen LogP contribution in [0.5, 0.6) is 0 Å². The Kier molecular flexibility index (Phi) is 4.51. The lowest BCUT2D eigenvalue weighted by atomic mass is 10.3. The summed E-state index contributed by atoms with van der Waals surface area (Å²) in [5.41, 5.74) is 0.708. The van der Waals surface area contributed by atoms with Crippen molar-refractivity contribution in [2.45, 2.75) is 13.0 Å². The lowest BCUT2D eigenvalue weighted by Gasteiger charge is -2.15. The zero-order valence-corrected chi connectivity index (χ0v) is 12.5. The van der Waals surface area contributed by atoms with Crippen molar-refractivity contribution in [1.82, 2.24) is 30.0 Å². The third-order valence-corrected chi connectivity index (χ3v) is 3.29. The van der Waals surface area contributed by atoms with Gasteiger partial charge in [-0.1, -0.05) is 11.6 Å². The molecule has 0 aromatic carbocycles. The van der Waals surface area contributed by atoms with E-state index < -0.39 is 0 Å². The van der Waals surface area contributed by atoms with E-state index in [4.69, 9.17) is 11.6 Å². The van der Waals surface area contributed by atoms with Gasteiger partial charge in [0.05, 0.1) is 18.1 Å². The quantitative estimate of drug-likeness (QED) is 0.817. The average molecular weight is 297 g/mol. The van der Waals surface area contributed by atoms with Crippen molar-refractivity contribution < 1.29 is 4.79 Å². The highest BCUT2D eigenvalue weighted by molar-refractivity contribution is 6.33. The van der Waals surface area contributed by atoms with E-state index in [0.29, 0.717) is 36.1 Å². The summed E-state index contributed by atoms with van der Waals surface area (Å²) in [6.07, 6.45) is 2.09. The molecule has 0 atom stereocenters. The summed E-state index contributed by atoms with van der Waals surface area (Å²) in [4.78, 5) is 21.9. The Morgan fingerprint density at radius 3 is 2.95 bits per heavy atom. The van der Waals surface area contributed by atoms with E-state index in [0.717, 1.165) is 5.39 Å². The van der Waals surface area contributed by atoms with Crippen LogP contribution in [0.3, 0.4) is 0 Å². The second-order valence-electron chi connectivity index (χ2n) is 4.60. The van der Waals surface area contributed by atoms with Crippen LogP contribution < -0.4 is 5.32 Å². The van der Waals surface area contributed by atoms with Crippen LogP contribution in [0.25, 0.3) is 11.0 Å². The van der Waals surface area contributed by atoms with Gasteiger partial charge in [0.1, 0.15) is 11.0 Å². The maximum Gasteiger partial charge on any atom is 0.221 e. The van der Waals surface area contributed by atoms with Crippen LogP contribution in [0.4, 0.5) is 0 Å². The van der Waals surface area contributed by atoms with Gasteiger partial charge in [0.2, 0.25) is 5.91 Å². The summed E-state index contributed by atoms with van der Waals surface area (Å²) < 4.78 is 1.66. The van der Waals surface area contributed by atoms with Crippen molar-refractivity contribution in [2.75, 3.05) is 20.6 Å². The molecule has 0 aliphatic heterocycles. The standard InChI is InChI=1S/C12H17ClN6O/c1-14-10(20)4-5-18(2)7-9-16-11(13)8-6-15-19(3)12(8)17-9/h6H,4-5,7H2,1-3H3,(H,14,20). The highest BCUT2D eigenvalue weighted by Gasteiger charge is 2.11. The van der Waals surface area contributed by atoms with Crippen molar-refractivity contribution >= 4 is 28.5 Å². The van der Waals surface area contributed by atoms with E-state index in [1.807, 2.05) is 19.0 Å². The van der Waals surface area contributed by atoms with Crippen molar-refractivity contribution in [3.05, 3.63) is 17.2 Å². The Hall–Kier alpha value is -1.73. The van der Waals surface area contributed by atoms with Crippen molar-refractivity contribution in [3.63, 3.8) is 0 Å². The predicted octanol–water partition coefficient (Wildman–Crippen LogP) is 0.585. The molecule has 2 aromatic rings. The highest BCUT2D eigenvalue weighted by atomic mass is 35.5. The van der Waals surface area contributed by atoms with E-state index in [2.05, 4.69) is 20.4 Å². The number of halogens is 1. The lowest BCUT2D eigenvalue weighted by molar-refractivity contribution is -0.120. The van der Waals surface area contributed by atoms with Gasteiger partial charge in [0, 0.05) is 27.1 Å². The summed E-state index contributed by atoms with van der Waals surface area (Å²) in [6, 6.07) is 0. The van der Waals surface area contributed by atoms with Gasteiger partial charge in [0.15, 0.2) is 5.65 Å². The molecule has 2 aromatic heterocycles. The summed E-state index contributed by atoms with van der Waals surface area (Å²) >= 11 is 6.12. The van der Waals surface area contributed by atoms with Crippen LogP contribution >= 0.6 is 11.6 Å². The number of carbonyl (C=O) groups is 1. The second kappa shape index (κ2) is 6.15. The van der Waals surface area contributed by atoms with Gasteiger partial charge in [-0.05, 0) is 7.05 Å². The number of amides is 1. The molecule has 20 heavy (non-hydrogen) atoms. The summed E-state index contributed by atoms with van der Waals surface area (Å²) in [5, 5.41) is 7.84. The Bertz CT molecular complexity index is 626. The lowest BCUT2D eigenvalue weighted by Crippen LogP contribution is -2.26. The smallest absolute Gasteiger partial charge is 0.221 e. The van der Waals surface area contributed by atoms with Crippen molar-refractivity contribution in [1.29, 1.82) is 0 Å². The van der Waals surface area contributed by atoms with Crippen molar-refractivity contribution in [2.24, 2.45) is 7.05 Å². The summed E-state index contributed by atoms with van der Waals surface area (Å²) in [7, 11) is 5.35. The minimum Gasteiger partial charge on any atom is -0.359 e. The fourth-order valence-electron chi connectivity index (χ4n) is 1.84. The van der Waals surface area contributed by atoms with Crippen LogP contribution in [-0.4, -0.2) is 51.2 Å². The molecule has 0 spiro atoms. The first-order valence-electron chi connectivity index (χ1n) is 6.24. The van der Waals surface area contributed by atoms with E-state index >= 15 is 0 Å². The molecule has 0 aliphatic rings. The zero-order valence-electron chi connectivity index (χ0n) is 11.7. The molecule has 0 aliphatic carbocycles. The van der Waals surface area contributed by atoms with Gasteiger partial charge >= 0.3 is 0 Å². The number of aryl methyl sites for hydroxylation is 1. The van der Waals surface area contributed by atoms with Gasteiger partial charge in [0.25, 0.3) is 0 Å². The molecule has 0 radical (unpaired) electrons. The fraction of sp³-hybridized carbons (Fsp3) is 0.500. The maximum absolute atomic E-state index is 11.2. The monoisotopic (exact) mass is 296 g/mol. The van der Waals surface area contributed by atoms with Crippen LogP contribution in [0, 0.1) is 0 Å². The SMILES string of the molecule is CNC(=O)CCN(C)Cc1nc(Cl)c2cnn(C)c2n1. The summed E-state index contributed by atoms with van der Waals surface area (Å²) in [6.45, 7) is 1.15. The van der Waals surface area contributed by atoms with Gasteiger partial charge in [-0.2, -0.15) is 5.10 Å². The summed E-state index contributed by atoms with van der Waals surface area (Å²) in [5.74, 6) is 0.628. The average Bonchev–Trinajstić information content (AvgIpc) is 2.78. The Morgan fingerprint density at radius 1 is 1.50 bits per heavy atom. The van der Waals surface area contributed by atoms with E-state index in [-0.39, 0.29) is 5.91 Å². The topological polar surface area (TPSA) is 75.9 Å². The minimum atomic E-state index is 0.0119. The molecule has 8 heteroatoms. The van der Waals surface area contributed by atoms with Crippen LogP contribution in [0.2, 0.25) is 5.15 Å². The van der Waals surface area contributed by atoms with Crippen molar-refractivity contribution in [3.8, 4) is 0 Å². The van der Waals surface area contributed by atoms with Crippen LogP contribution in [0.1, 0.15) is 12.2 Å². The molecule has 0 saturated carbocycles. The molecular weight excluding hydrogens is 280 g/mol. The number of nitrogens with zero attached hydrogens (tertiary/aromatic N) is 5. The number of fused-ring (bicyclic) bond motifs is 1. The van der Waals surface area contributed by atoms with Gasteiger partial charge < -0.3 is 5.32 Å². The van der Waals surface area contributed by atoms with Crippen LogP contribution in [-0.2, 0) is 18.4 Å². The third kappa shape index (κ3) is 3.23. The Balaban J connectivity index is 2.09. The predicted molar refractivity (Wildman–Crippen MR) is 76.3 cm³/mol. The number of aromatic nitrogens is 4. The molecule has 0 bridgehead atoms. The molecule has 1 amide bonds. The number of carbonyl (C=O) groups excluding carboxylic acids is 1. The first-order chi connectivity index (χ1) is 9.51. The first-order valence-corrected chi connectivity index (χ1v) is 6.62. The fourth-order valence-corrected chi connectivity index (χ4v) is 2.07. The normalized spacial score (nSPS) is 11.2. The van der Waals surface area contributed by atoms with E-state index in [1.54, 1.807) is 17.9 Å². The number of rotatable bonds is 5. The van der Waals surface area contributed by atoms with Gasteiger partial charge in [-0.25, -0.2) is 9.97 Å². The third-order valence-electron chi connectivity index (χ3n) is 3.00. The Labute approximate surface area is 121 Å². The number of hydrogen-bond acceptors (Lipinski definition) is 5. The largest absolute Gasteiger partial charge is 0.359 e. The highest BCUT2D eigenvalue weighted by Crippen LogP contribution is 2.19. The first kappa shape index (κ1) is 14.7. The van der Waals surface area contributed by atoms with Gasteiger partial charge in [-0.3, -0.25) is 14.4 Å². The number of hydrogen-bond donors (Lipinski definition) is 1. The molecule has 1 N–H and O–H groups in total. The van der Waals surface area contributed by atoms with E-state index in [1.165, 1.54) is 0 Å². The molecule has 0 saturated heterocycles. The second-order valence-corrected chi connectivity index (χ2v) is 4.96. The molecule has 0 unspecified atom stereocenters. The molecule has 0 fully saturated rings. The maximum atomic E-state index is 11.2. The molecule has 2 heterocycles. The zero-order chi connectivity index (χ0) is 14.7. The van der Waals surface area contributed by atoms with Gasteiger partial charge in [-0.15, -0.1) is 0 Å². The molecule has 7 nitrogen and oxygen atoms in total. The van der Waals surface area contributed by atoms with E-state index in [9.17, 15) is 4.79 Å². The molecule has 108 valence electrons. The molecular formula is C12H17ClN6O. The Morgan fingerprint density at radius 2 is 2.25 bits per heavy atom.